The highest BCUT2D eigenvalue weighted by Gasteiger charge is 2.25. The normalized spacial score (nSPS) is 23.0. The van der Waals surface area contributed by atoms with E-state index >= 15 is 0 Å². The van der Waals surface area contributed by atoms with Crippen molar-refractivity contribution in [3.63, 3.8) is 0 Å². The van der Waals surface area contributed by atoms with Gasteiger partial charge in [0, 0.05) is 0 Å². The Hall–Kier alpha value is -0.820. The minimum absolute atomic E-state index is 0.0621. The van der Waals surface area contributed by atoms with E-state index in [2.05, 4.69) is 59.7 Å². The number of aliphatic hydroxyl groups excluding tert-OH is 1. The van der Waals surface area contributed by atoms with Gasteiger partial charge in [-0.2, -0.15) is 0 Å². The fourth-order valence-electron chi connectivity index (χ4n) is 3.41. The second-order valence-electron chi connectivity index (χ2n) is 9.22. The van der Waals surface area contributed by atoms with Crippen molar-refractivity contribution in [2.75, 3.05) is 0 Å². The van der Waals surface area contributed by atoms with Crippen LogP contribution in [0.1, 0.15) is 83.9 Å². The molecule has 0 unspecified atom stereocenters. The third-order valence-electron chi connectivity index (χ3n) is 5.15. The highest BCUT2D eigenvalue weighted by molar-refractivity contribution is 5.37. The van der Waals surface area contributed by atoms with Gasteiger partial charge in [-0.1, -0.05) is 66.2 Å². The van der Waals surface area contributed by atoms with Crippen LogP contribution in [0.4, 0.5) is 0 Å². The molecule has 1 N–H and O–H groups in total. The van der Waals surface area contributed by atoms with Crippen LogP contribution in [0.5, 0.6) is 0 Å². The van der Waals surface area contributed by atoms with Gasteiger partial charge < -0.3 is 5.11 Å². The summed E-state index contributed by atoms with van der Waals surface area (Å²) >= 11 is 0. The zero-order chi connectivity index (χ0) is 16.5. The van der Waals surface area contributed by atoms with Crippen molar-refractivity contribution in [1.29, 1.82) is 0 Å². The molecule has 1 nitrogen and oxygen atoms in total. The van der Waals surface area contributed by atoms with Gasteiger partial charge in [-0.05, 0) is 59.1 Å². The van der Waals surface area contributed by atoms with E-state index in [0.717, 1.165) is 19.3 Å². The fraction of sp³-hybridized carbons (Fsp3) is 0.714. The highest BCUT2D eigenvalue weighted by atomic mass is 16.3. The zero-order valence-corrected chi connectivity index (χ0v) is 15.4. The van der Waals surface area contributed by atoms with Crippen molar-refractivity contribution in [1.82, 2.24) is 0 Å². The van der Waals surface area contributed by atoms with E-state index in [4.69, 9.17) is 0 Å². The SMILES string of the molecule is CC(C)(C)c1cc(CC[C@H]2CCC[C@H]2O)cc(C(C)(C)C)c1. The third kappa shape index (κ3) is 4.35. The minimum Gasteiger partial charge on any atom is -0.393 e. The number of hydrogen-bond donors (Lipinski definition) is 1. The molecule has 22 heavy (non-hydrogen) atoms. The van der Waals surface area contributed by atoms with Gasteiger partial charge in [-0.25, -0.2) is 0 Å². The maximum absolute atomic E-state index is 10.0. The number of rotatable bonds is 3. The average Bonchev–Trinajstić information content (AvgIpc) is 2.79. The third-order valence-corrected chi connectivity index (χ3v) is 5.15. The lowest BCUT2D eigenvalue weighted by atomic mass is 9.79. The number of aryl methyl sites for hydroxylation is 1. The lowest BCUT2D eigenvalue weighted by Crippen LogP contribution is -2.18. The Morgan fingerprint density at radius 2 is 1.45 bits per heavy atom. The van der Waals surface area contributed by atoms with E-state index in [1.165, 1.54) is 29.5 Å². The van der Waals surface area contributed by atoms with E-state index in [9.17, 15) is 5.11 Å². The van der Waals surface area contributed by atoms with Crippen molar-refractivity contribution in [2.45, 2.75) is 90.6 Å². The minimum atomic E-state index is -0.0621. The van der Waals surface area contributed by atoms with Gasteiger partial charge >= 0.3 is 0 Å². The molecule has 0 radical (unpaired) electrons. The lowest BCUT2D eigenvalue weighted by Gasteiger charge is -2.26. The van der Waals surface area contributed by atoms with Crippen LogP contribution in [0.25, 0.3) is 0 Å². The molecule has 1 fully saturated rings. The standard InChI is InChI=1S/C21H34O/c1-20(2,3)17-12-15(13-18(14-17)21(4,5)6)10-11-16-8-7-9-19(16)22/h12-14,16,19,22H,7-11H2,1-6H3/t16-,19-/m1/s1. The molecular formula is C21H34O. The van der Waals surface area contributed by atoms with Crippen LogP contribution in [-0.4, -0.2) is 11.2 Å². The van der Waals surface area contributed by atoms with Crippen LogP contribution in [0.15, 0.2) is 18.2 Å². The molecule has 124 valence electrons. The summed E-state index contributed by atoms with van der Waals surface area (Å²) in [6.45, 7) is 13.7. The molecule has 1 aromatic carbocycles. The summed E-state index contributed by atoms with van der Waals surface area (Å²) in [4.78, 5) is 0. The molecule has 0 saturated heterocycles. The highest BCUT2D eigenvalue weighted by Crippen LogP contribution is 2.33. The molecule has 1 saturated carbocycles. The molecule has 0 spiro atoms. The summed E-state index contributed by atoms with van der Waals surface area (Å²) < 4.78 is 0. The van der Waals surface area contributed by atoms with Crippen LogP contribution >= 0.6 is 0 Å². The molecule has 0 heterocycles. The Morgan fingerprint density at radius 3 is 1.86 bits per heavy atom. The van der Waals surface area contributed by atoms with Crippen molar-refractivity contribution in [2.24, 2.45) is 5.92 Å². The summed E-state index contributed by atoms with van der Waals surface area (Å²) in [6.07, 6.45) is 5.55. The van der Waals surface area contributed by atoms with Crippen molar-refractivity contribution < 1.29 is 5.11 Å². The predicted molar refractivity (Wildman–Crippen MR) is 95.5 cm³/mol. The number of benzene rings is 1. The van der Waals surface area contributed by atoms with Gasteiger partial charge in [0.1, 0.15) is 0 Å². The van der Waals surface area contributed by atoms with E-state index in [-0.39, 0.29) is 16.9 Å². The Bertz CT molecular complexity index is 469. The fourth-order valence-corrected chi connectivity index (χ4v) is 3.41. The maximum atomic E-state index is 10.0. The zero-order valence-electron chi connectivity index (χ0n) is 15.4. The van der Waals surface area contributed by atoms with Gasteiger partial charge in [-0.3, -0.25) is 0 Å². The van der Waals surface area contributed by atoms with Gasteiger partial charge in [0.2, 0.25) is 0 Å². The largest absolute Gasteiger partial charge is 0.393 e. The Balaban J connectivity index is 2.22. The van der Waals surface area contributed by atoms with E-state index < -0.39 is 0 Å². The number of aliphatic hydroxyl groups is 1. The monoisotopic (exact) mass is 302 g/mol. The molecule has 1 heteroatoms. The first-order valence-corrected chi connectivity index (χ1v) is 8.90. The summed E-state index contributed by atoms with van der Waals surface area (Å²) in [7, 11) is 0. The molecular weight excluding hydrogens is 268 g/mol. The Morgan fingerprint density at radius 1 is 0.909 bits per heavy atom. The summed E-state index contributed by atoms with van der Waals surface area (Å²) in [5.74, 6) is 0.511. The smallest absolute Gasteiger partial charge is 0.0568 e. The molecule has 2 rings (SSSR count). The Kier molecular flexibility index (Phi) is 5.06. The van der Waals surface area contributed by atoms with Crippen molar-refractivity contribution >= 4 is 0 Å². The molecule has 0 bridgehead atoms. The molecule has 0 amide bonds. The van der Waals surface area contributed by atoms with Crippen LogP contribution < -0.4 is 0 Å². The van der Waals surface area contributed by atoms with E-state index in [1.807, 2.05) is 0 Å². The summed E-state index contributed by atoms with van der Waals surface area (Å²) in [6, 6.07) is 7.15. The van der Waals surface area contributed by atoms with Gasteiger partial charge in [0.05, 0.1) is 6.10 Å². The predicted octanol–water partition coefficient (Wildman–Crippen LogP) is 5.38. The summed E-state index contributed by atoms with van der Waals surface area (Å²) in [5, 5.41) is 10.0. The second kappa shape index (κ2) is 6.35. The Labute approximate surface area is 137 Å². The molecule has 2 atom stereocenters. The first kappa shape index (κ1) is 17.5. The van der Waals surface area contributed by atoms with Crippen LogP contribution in [-0.2, 0) is 17.3 Å². The van der Waals surface area contributed by atoms with Crippen LogP contribution in [0, 0.1) is 5.92 Å². The first-order chi connectivity index (χ1) is 10.1. The van der Waals surface area contributed by atoms with Crippen molar-refractivity contribution in [3.05, 3.63) is 34.9 Å². The summed E-state index contributed by atoms with van der Waals surface area (Å²) in [5.41, 5.74) is 4.67. The quantitative estimate of drug-likeness (QED) is 0.795. The van der Waals surface area contributed by atoms with Crippen LogP contribution in [0.3, 0.4) is 0 Å². The van der Waals surface area contributed by atoms with Gasteiger partial charge in [0.15, 0.2) is 0 Å². The molecule has 1 aromatic rings. The van der Waals surface area contributed by atoms with Crippen LogP contribution in [0.2, 0.25) is 0 Å². The molecule has 0 aliphatic heterocycles. The van der Waals surface area contributed by atoms with E-state index in [0.29, 0.717) is 5.92 Å². The van der Waals surface area contributed by atoms with E-state index in [1.54, 1.807) is 0 Å². The molecule has 1 aliphatic carbocycles. The first-order valence-electron chi connectivity index (χ1n) is 8.90. The molecule has 0 aromatic heterocycles. The number of hydrogen-bond acceptors (Lipinski definition) is 1. The van der Waals surface area contributed by atoms with Gasteiger partial charge in [-0.15, -0.1) is 0 Å². The topological polar surface area (TPSA) is 20.2 Å². The van der Waals surface area contributed by atoms with Crippen molar-refractivity contribution in [3.8, 4) is 0 Å². The van der Waals surface area contributed by atoms with Gasteiger partial charge in [0.25, 0.3) is 0 Å². The average molecular weight is 303 g/mol. The lowest BCUT2D eigenvalue weighted by molar-refractivity contribution is 0.128. The maximum Gasteiger partial charge on any atom is 0.0568 e. The second-order valence-corrected chi connectivity index (χ2v) is 9.22. The molecule has 1 aliphatic rings.